The van der Waals surface area contributed by atoms with E-state index in [1.807, 2.05) is 13.0 Å². The van der Waals surface area contributed by atoms with Gasteiger partial charge in [-0.2, -0.15) is 0 Å². The van der Waals surface area contributed by atoms with E-state index in [-0.39, 0.29) is 0 Å². The zero-order chi connectivity index (χ0) is 10.7. The molecule has 15 heavy (non-hydrogen) atoms. The molecule has 0 amide bonds. The summed E-state index contributed by atoms with van der Waals surface area (Å²) in [6, 6.07) is 2.30. The number of nitrogens with zero attached hydrogens (tertiary/aromatic N) is 2. The van der Waals surface area contributed by atoms with Gasteiger partial charge in [-0.25, -0.2) is 9.97 Å². The Hall–Kier alpha value is -1.16. The molecule has 1 fully saturated rings. The first kappa shape index (κ1) is 10.4. The maximum Gasteiger partial charge on any atom is 0.222 e. The van der Waals surface area contributed by atoms with Crippen LogP contribution in [0.5, 0.6) is 0 Å². The highest BCUT2D eigenvalue weighted by atomic mass is 15.1. The second kappa shape index (κ2) is 4.57. The molecule has 82 valence electrons. The average Bonchev–Trinajstić information content (AvgIpc) is 2.62. The minimum Gasteiger partial charge on any atom is -0.354 e. The molecule has 2 atom stereocenters. The summed E-state index contributed by atoms with van der Waals surface area (Å²) in [4.78, 5) is 8.47. The van der Waals surface area contributed by atoms with Gasteiger partial charge in [-0.15, -0.1) is 0 Å². The smallest absolute Gasteiger partial charge is 0.222 e. The van der Waals surface area contributed by atoms with Crippen molar-refractivity contribution in [1.29, 1.82) is 0 Å². The van der Waals surface area contributed by atoms with Gasteiger partial charge in [-0.05, 0) is 38.2 Å². The van der Waals surface area contributed by atoms with Crippen molar-refractivity contribution in [2.45, 2.75) is 32.2 Å². The fraction of sp³-hybridized carbons (Fsp3) is 0.636. The van der Waals surface area contributed by atoms with Crippen molar-refractivity contribution < 1.29 is 0 Å². The normalized spacial score (nSPS) is 25.5. The van der Waals surface area contributed by atoms with Gasteiger partial charge in [0.2, 0.25) is 5.95 Å². The summed E-state index contributed by atoms with van der Waals surface area (Å²) >= 11 is 0. The molecule has 2 rings (SSSR count). The summed E-state index contributed by atoms with van der Waals surface area (Å²) in [7, 11) is 0. The van der Waals surface area contributed by atoms with E-state index in [4.69, 9.17) is 5.73 Å². The van der Waals surface area contributed by atoms with E-state index in [1.54, 1.807) is 6.20 Å². The summed E-state index contributed by atoms with van der Waals surface area (Å²) in [6.07, 6.45) is 5.28. The third-order valence-electron chi connectivity index (χ3n) is 2.93. The third kappa shape index (κ3) is 2.89. The van der Waals surface area contributed by atoms with Crippen LogP contribution < -0.4 is 11.1 Å². The highest BCUT2D eigenvalue weighted by Crippen LogP contribution is 2.23. The fourth-order valence-corrected chi connectivity index (χ4v) is 2.07. The van der Waals surface area contributed by atoms with E-state index >= 15 is 0 Å². The zero-order valence-electron chi connectivity index (χ0n) is 9.11. The third-order valence-corrected chi connectivity index (χ3v) is 2.93. The van der Waals surface area contributed by atoms with Crippen LogP contribution in [0.25, 0.3) is 0 Å². The van der Waals surface area contributed by atoms with Gasteiger partial charge < -0.3 is 11.1 Å². The SMILES string of the molecule is Cc1ccnc(NCC2CCC(N)C2)n1. The quantitative estimate of drug-likeness (QED) is 0.783. The molecule has 2 unspecified atom stereocenters. The van der Waals surface area contributed by atoms with Crippen LogP contribution in [0.15, 0.2) is 12.3 Å². The number of hydrogen-bond acceptors (Lipinski definition) is 4. The van der Waals surface area contributed by atoms with Gasteiger partial charge in [0.05, 0.1) is 0 Å². The number of aryl methyl sites for hydroxylation is 1. The van der Waals surface area contributed by atoms with Crippen LogP contribution in [0.2, 0.25) is 0 Å². The van der Waals surface area contributed by atoms with Crippen LogP contribution in [0.4, 0.5) is 5.95 Å². The van der Waals surface area contributed by atoms with Crippen molar-refractivity contribution in [3.05, 3.63) is 18.0 Å². The fourth-order valence-electron chi connectivity index (χ4n) is 2.07. The van der Waals surface area contributed by atoms with Crippen LogP contribution in [0, 0.1) is 12.8 Å². The number of hydrogen-bond donors (Lipinski definition) is 2. The highest BCUT2D eigenvalue weighted by molar-refractivity contribution is 5.24. The van der Waals surface area contributed by atoms with E-state index in [0.717, 1.165) is 31.0 Å². The molecular weight excluding hydrogens is 188 g/mol. The molecule has 1 aliphatic rings. The molecule has 0 aliphatic heterocycles. The van der Waals surface area contributed by atoms with Crippen molar-refractivity contribution in [3.8, 4) is 0 Å². The van der Waals surface area contributed by atoms with Crippen molar-refractivity contribution >= 4 is 5.95 Å². The van der Waals surface area contributed by atoms with Crippen molar-refractivity contribution in [2.75, 3.05) is 11.9 Å². The van der Waals surface area contributed by atoms with E-state index in [1.165, 1.54) is 6.42 Å². The molecule has 0 spiro atoms. The first-order chi connectivity index (χ1) is 7.24. The number of anilines is 1. The summed E-state index contributed by atoms with van der Waals surface area (Å²) < 4.78 is 0. The molecule has 1 aliphatic carbocycles. The second-order valence-electron chi connectivity index (χ2n) is 4.34. The minimum atomic E-state index is 0.398. The second-order valence-corrected chi connectivity index (χ2v) is 4.34. The zero-order valence-corrected chi connectivity index (χ0v) is 9.11. The Kier molecular flexibility index (Phi) is 3.16. The molecule has 3 N–H and O–H groups in total. The van der Waals surface area contributed by atoms with Crippen LogP contribution >= 0.6 is 0 Å². The molecule has 1 aromatic rings. The van der Waals surface area contributed by atoms with E-state index in [9.17, 15) is 0 Å². The maximum absolute atomic E-state index is 5.86. The van der Waals surface area contributed by atoms with Gasteiger partial charge in [0, 0.05) is 24.5 Å². The lowest BCUT2D eigenvalue weighted by Gasteiger charge is -2.10. The van der Waals surface area contributed by atoms with Gasteiger partial charge >= 0.3 is 0 Å². The molecular formula is C11H18N4. The van der Waals surface area contributed by atoms with E-state index in [2.05, 4.69) is 15.3 Å². The van der Waals surface area contributed by atoms with Crippen molar-refractivity contribution in [3.63, 3.8) is 0 Å². The molecule has 0 aromatic carbocycles. The molecule has 4 heteroatoms. The Morgan fingerprint density at radius 1 is 1.53 bits per heavy atom. The topological polar surface area (TPSA) is 63.8 Å². The number of rotatable bonds is 3. The Morgan fingerprint density at radius 2 is 2.40 bits per heavy atom. The summed E-state index contributed by atoms with van der Waals surface area (Å²) in [5.74, 6) is 1.42. The lowest BCUT2D eigenvalue weighted by Crippen LogP contribution is -2.18. The molecule has 0 bridgehead atoms. The van der Waals surface area contributed by atoms with Crippen LogP contribution in [0.3, 0.4) is 0 Å². The molecule has 1 aromatic heterocycles. The van der Waals surface area contributed by atoms with Gasteiger partial charge in [-0.1, -0.05) is 0 Å². The van der Waals surface area contributed by atoms with E-state index < -0.39 is 0 Å². The molecule has 1 heterocycles. The summed E-state index contributed by atoms with van der Waals surface area (Å²) in [5.41, 5.74) is 6.86. The number of nitrogens with two attached hydrogens (primary N) is 1. The first-order valence-corrected chi connectivity index (χ1v) is 5.53. The maximum atomic E-state index is 5.86. The highest BCUT2D eigenvalue weighted by Gasteiger charge is 2.21. The lowest BCUT2D eigenvalue weighted by molar-refractivity contribution is 0.564. The van der Waals surface area contributed by atoms with E-state index in [0.29, 0.717) is 12.0 Å². The van der Waals surface area contributed by atoms with Gasteiger partial charge in [0.25, 0.3) is 0 Å². The van der Waals surface area contributed by atoms with Gasteiger partial charge in [0.15, 0.2) is 0 Å². The standard InChI is InChI=1S/C11H18N4/c1-8-4-5-13-11(15-8)14-7-9-2-3-10(12)6-9/h4-5,9-10H,2-3,6-7,12H2,1H3,(H,13,14,15). The molecule has 0 radical (unpaired) electrons. The van der Waals surface area contributed by atoms with Gasteiger partial charge in [-0.3, -0.25) is 0 Å². The van der Waals surface area contributed by atoms with Crippen LogP contribution in [-0.2, 0) is 0 Å². The van der Waals surface area contributed by atoms with Crippen LogP contribution in [-0.4, -0.2) is 22.6 Å². The number of nitrogens with one attached hydrogen (secondary N) is 1. The Morgan fingerprint density at radius 3 is 3.07 bits per heavy atom. The van der Waals surface area contributed by atoms with Crippen LogP contribution in [0.1, 0.15) is 25.0 Å². The largest absolute Gasteiger partial charge is 0.354 e. The summed E-state index contributed by atoms with van der Waals surface area (Å²) in [6.45, 7) is 2.91. The molecule has 4 nitrogen and oxygen atoms in total. The monoisotopic (exact) mass is 206 g/mol. The first-order valence-electron chi connectivity index (χ1n) is 5.53. The molecule has 1 saturated carbocycles. The Labute approximate surface area is 90.3 Å². The predicted octanol–water partition coefficient (Wildman–Crippen LogP) is 1.32. The lowest BCUT2D eigenvalue weighted by atomic mass is 10.1. The minimum absolute atomic E-state index is 0.398. The van der Waals surface area contributed by atoms with Crippen molar-refractivity contribution in [2.24, 2.45) is 11.7 Å². The summed E-state index contributed by atoms with van der Waals surface area (Å²) in [5, 5.41) is 3.27. The van der Waals surface area contributed by atoms with Gasteiger partial charge in [0.1, 0.15) is 0 Å². The number of aromatic nitrogens is 2. The Bertz CT molecular complexity index is 326. The average molecular weight is 206 g/mol. The predicted molar refractivity (Wildman–Crippen MR) is 60.6 cm³/mol. The Balaban J connectivity index is 1.83. The molecule has 0 saturated heterocycles. The van der Waals surface area contributed by atoms with Crippen molar-refractivity contribution in [1.82, 2.24) is 9.97 Å².